The van der Waals surface area contributed by atoms with Crippen LogP contribution in [0.25, 0.3) is 0 Å². The Hall–Kier alpha value is -0.730. The molecule has 2 unspecified atom stereocenters. The van der Waals surface area contributed by atoms with Crippen molar-refractivity contribution in [1.29, 1.82) is 0 Å². The van der Waals surface area contributed by atoms with Crippen molar-refractivity contribution in [2.45, 2.75) is 90.6 Å². The molecule has 2 atom stereocenters. The third kappa shape index (κ3) is 4.39. The Morgan fingerprint density at radius 2 is 1.45 bits per heavy atom. The number of rotatable bonds is 2. The van der Waals surface area contributed by atoms with Gasteiger partial charge in [-0.1, -0.05) is 52.9 Å². The molecule has 3 heteroatoms. The monoisotopic (exact) mass is 280 g/mol. The summed E-state index contributed by atoms with van der Waals surface area (Å²) >= 11 is 0. The lowest BCUT2D eigenvalue weighted by Gasteiger charge is -2.41. The van der Waals surface area contributed by atoms with Crippen molar-refractivity contribution in [3.05, 3.63) is 0 Å². The molecule has 2 saturated carbocycles. The molecule has 0 heterocycles. The first-order chi connectivity index (χ1) is 9.47. The van der Waals surface area contributed by atoms with Gasteiger partial charge in [0.25, 0.3) is 0 Å². The summed E-state index contributed by atoms with van der Waals surface area (Å²) in [7, 11) is 0. The van der Waals surface area contributed by atoms with Gasteiger partial charge in [-0.15, -0.1) is 0 Å². The molecular formula is C17H32N2O. The first-order valence-electron chi connectivity index (χ1n) is 8.54. The SMILES string of the molecule is CC(C)(C)C1CCCCC1NC(=O)NC1CCCCC1. The molecule has 2 amide bonds. The third-order valence-electron chi connectivity index (χ3n) is 5.14. The smallest absolute Gasteiger partial charge is 0.315 e. The summed E-state index contributed by atoms with van der Waals surface area (Å²) in [6.45, 7) is 6.91. The average molecular weight is 280 g/mol. The van der Waals surface area contributed by atoms with Crippen molar-refractivity contribution >= 4 is 6.03 Å². The molecule has 0 aromatic rings. The average Bonchev–Trinajstić information content (AvgIpc) is 2.39. The number of hydrogen-bond donors (Lipinski definition) is 2. The molecule has 2 rings (SSSR count). The Morgan fingerprint density at radius 3 is 2.10 bits per heavy atom. The summed E-state index contributed by atoms with van der Waals surface area (Å²) in [6, 6.07) is 0.825. The Balaban J connectivity index is 1.84. The Labute approximate surface area is 124 Å². The molecule has 2 fully saturated rings. The molecule has 0 radical (unpaired) electrons. The minimum Gasteiger partial charge on any atom is -0.335 e. The maximum Gasteiger partial charge on any atom is 0.315 e. The minimum atomic E-state index is 0.0676. The lowest BCUT2D eigenvalue weighted by molar-refractivity contribution is 0.132. The van der Waals surface area contributed by atoms with Crippen LogP contribution in [0.5, 0.6) is 0 Å². The molecule has 2 N–H and O–H groups in total. The van der Waals surface area contributed by atoms with E-state index >= 15 is 0 Å². The van der Waals surface area contributed by atoms with E-state index in [2.05, 4.69) is 31.4 Å². The molecule has 0 aromatic carbocycles. The van der Waals surface area contributed by atoms with Crippen molar-refractivity contribution in [2.24, 2.45) is 11.3 Å². The summed E-state index contributed by atoms with van der Waals surface area (Å²) in [5.74, 6) is 0.605. The summed E-state index contributed by atoms with van der Waals surface area (Å²) < 4.78 is 0. The van der Waals surface area contributed by atoms with Crippen LogP contribution in [-0.2, 0) is 0 Å². The number of carbonyl (C=O) groups excluding carboxylic acids is 1. The van der Waals surface area contributed by atoms with Gasteiger partial charge in [0.05, 0.1) is 0 Å². The van der Waals surface area contributed by atoms with Crippen molar-refractivity contribution < 1.29 is 4.79 Å². The number of hydrogen-bond acceptors (Lipinski definition) is 1. The highest BCUT2D eigenvalue weighted by atomic mass is 16.2. The fraction of sp³-hybridized carbons (Fsp3) is 0.941. The first-order valence-corrected chi connectivity index (χ1v) is 8.54. The Bertz CT molecular complexity index is 315. The normalized spacial score (nSPS) is 28.9. The maximum absolute atomic E-state index is 12.2. The summed E-state index contributed by atoms with van der Waals surface area (Å²) in [5, 5.41) is 6.46. The zero-order chi connectivity index (χ0) is 14.6. The molecule has 20 heavy (non-hydrogen) atoms. The highest BCUT2D eigenvalue weighted by Gasteiger charge is 2.35. The van der Waals surface area contributed by atoms with Crippen LogP contribution in [0.3, 0.4) is 0 Å². The minimum absolute atomic E-state index is 0.0676. The zero-order valence-electron chi connectivity index (χ0n) is 13.5. The lowest BCUT2D eigenvalue weighted by Crippen LogP contribution is -2.52. The van der Waals surface area contributed by atoms with E-state index in [4.69, 9.17) is 0 Å². The largest absolute Gasteiger partial charge is 0.335 e. The highest BCUT2D eigenvalue weighted by molar-refractivity contribution is 5.74. The first kappa shape index (κ1) is 15.7. The predicted octanol–water partition coefficient (Wildman–Crippen LogP) is 4.22. The topological polar surface area (TPSA) is 41.1 Å². The molecule has 0 bridgehead atoms. The maximum atomic E-state index is 12.2. The predicted molar refractivity (Wildman–Crippen MR) is 83.7 cm³/mol. The molecule has 116 valence electrons. The van der Waals surface area contributed by atoms with Gasteiger partial charge in [0.2, 0.25) is 0 Å². The molecule has 0 saturated heterocycles. The Kier molecular flexibility index (Phi) is 5.34. The van der Waals surface area contributed by atoms with E-state index in [0.717, 1.165) is 19.3 Å². The van der Waals surface area contributed by atoms with Crippen LogP contribution in [0.4, 0.5) is 4.79 Å². The van der Waals surface area contributed by atoms with Gasteiger partial charge < -0.3 is 10.6 Å². The molecule has 2 aliphatic carbocycles. The molecular weight excluding hydrogens is 248 g/mol. The molecule has 0 aliphatic heterocycles. The fourth-order valence-corrected chi connectivity index (χ4v) is 3.98. The van der Waals surface area contributed by atoms with E-state index in [1.165, 1.54) is 38.5 Å². The van der Waals surface area contributed by atoms with E-state index in [1.807, 2.05) is 0 Å². The van der Waals surface area contributed by atoms with Gasteiger partial charge in [0.1, 0.15) is 0 Å². The lowest BCUT2D eigenvalue weighted by atomic mass is 9.69. The fourth-order valence-electron chi connectivity index (χ4n) is 3.98. The number of nitrogens with one attached hydrogen (secondary N) is 2. The summed E-state index contributed by atoms with van der Waals surface area (Å²) in [6.07, 6.45) is 11.1. The van der Waals surface area contributed by atoms with Crippen LogP contribution in [0, 0.1) is 11.3 Å². The van der Waals surface area contributed by atoms with Gasteiger partial charge in [-0.25, -0.2) is 4.79 Å². The standard InChI is InChI=1S/C17H32N2O/c1-17(2,3)14-11-7-8-12-15(14)19-16(20)18-13-9-5-4-6-10-13/h13-15H,4-12H2,1-3H3,(H2,18,19,20). The van der Waals surface area contributed by atoms with Crippen molar-refractivity contribution in [2.75, 3.05) is 0 Å². The van der Waals surface area contributed by atoms with Crippen LogP contribution in [0.15, 0.2) is 0 Å². The number of amides is 2. The molecule has 0 aromatic heterocycles. The van der Waals surface area contributed by atoms with Gasteiger partial charge in [-0.3, -0.25) is 0 Å². The van der Waals surface area contributed by atoms with E-state index in [9.17, 15) is 4.79 Å². The van der Waals surface area contributed by atoms with Crippen LogP contribution in [0.2, 0.25) is 0 Å². The van der Waals surface area contributed by atoms with E-state index in [1.54, 1.807) is 0 Å². The summed E-state index contributed by atoms with van der Waals surface area (Å²) in [4.78, 5) is 12.2. The quantitative estimate of drug-likeness (QED) is 0.781. The third-order valence-corrected chi connectivity index (χ3v) is 5.14. The van der Waals surface area contributed by atoms with Crippen molar-refractivity contribution in [3.63, 3.8) is 0 Å². The second-order valence-electron chi connectivity index (χ2n) is 7.82. The van der Waals surface area contributed by atoms with Gasteiger partial charge in [-0.2, -0.15) is 0 Å². The van der Waals surface area contributed by atoms with E-state index in [0.29, 0.717) is 18.0 Å². The highest BCUT2D eigenvalue weighted by Crippen LogP contribution is 2.37. The van der Waals surface area contributed by atoms with Crippen molar-refractivity contribution in [3.8, 4) is 0 Å². The zero-order valence-corrected chi connectivity index (χ0v) is 13.5. The van der Waals surface area contributed by atoms with Gasteiger partial charge >= 0.3 is 6.03 Å². The Morgan fingerprint density at radius 1 is 0.850 bits per heavy atom. The second kappa shape index (κ2) is 6.82. The van der Waals surface area contributed by atoms with Gasteiger partial charge in [0, 0.05) is 12.1 Å². The van der Waals surface area contributed by atoms with E-state index in [-0.39, 0.29) is 11.4 Å². The molecule has 0 spiro atoms. The van der Waals surface area contributed by atoms with Gasteiger partial charge in [0.15, 0.2) is 0 Å². The van der Waals surface area contributed by atoms with Gasteiger partial charge in [-0.05, 0) is 37.0 Å². The molecule has 2 aliphatic rings. The molecule has 3 nitrogen and oxygen atoms in total. The van der Waals surface area contributed by atoms with Crippen LogP contribution in [-0.4, -0.2) is 18.1 Å². The van der Waals surface area contributed by atoms with E-state index < -0.39 is 0 Å². The number of carbonyl (C=O) groups is 1. The van der Waals surface area contributed by atoms with Crippen LogP contribution in [0.1, 0.15) is 78.6 Å². The van der Waals surface area contributed by atoms with Crippen LogP contribution < -0.4 is 10.6 Å². The summed E-state index contributed by atoms with van der Waals surface area (Å²) in [5.41, 5.74) is 0.281. The van der Waals surface area contributed by atoms with Crippen LogP contribution >= 0.6 is 0 Å². The van der Waals surface area contributed by atoms with Crippen molar-refractivity contribution in [1.82, 2.24) is 10.6 Å². The number of urea groups is 1. The second-order valence-corrected chi connectivity index (χ2v) is 7.82.